The molecule has 254 valence electrons. The molecule has 0 aliphatic rings. The van der Waals surface area contributed by atoms with Gasteiger partial charge in [0.15, 0.2) is 0 Å². The first-order chi connectivity index (χ1) is 20.6. The zero-order chi connectivity index (χ0) is 34.1. The Hall–Kier alpha value is -2.64. The van der Waals surface area contributed by atoms with Crippen LogP contribution in [0, 0.1) is 29.6 Å². The van der Waals surface area contributed by atoms with Gasteiger partial charge in [-0.2, -0.15) is 0 Å². The van der Waals surface area contributed by atoms with E-state index >= 15 is 0 Å². The van der Waals surface area contributed by atoms with E-state index in [1.807, 2.05) is 20.0 Å². The highest BCUT2D eigenvalue weighted by Gasteiger charge is 2.04. The van der Waals surface area contributed by atoms with E-state index in [0.29, 0.717) is 24.2 Å². The summed E-state index contributed by atoms with van der Waals surface area (Å²) in [6, 6.07) is 8.47. The number of para-hydroxylation sites is 1. The number of carbonyl (C=O) groups excluding carboxylic acids is 1. The van der Waals surface area contributed by atoms with Gasteiger partial charge in [0, 0.05) is 35.4 Å². The van der Waals surface area contributed by atoms with Crippen molar-refractivity contribution in [3.8, 4) is 0 Å². The summed E-state index contributed by atoms with van der Waals surface area (Å²) in [4.78, 5) is 20.4. The lowest BCUT2D eigenvalue weighted by Crippen LogP contribution is -2.10. The SMILES string of the molecule is CC(C)C(C)O.CC(C)CCC(N)=O.CC(C)CCCCN.CC(C)Cc1c[nH]c2ccccc12.CC(C)Cc1cnc[nH]1. The van der Waals surface area contributed by atoms with Crippen LogP contribution in [0.2, 0.25) is 0 Å². The summed E-state index contributed by atoms with van der Waals surface area (Å²) < 4.78 is 0. The van der Waals surface area contributed by atoms with E-state index in [1.54, 1.807) is 13.3 Å². The van der Waals surface area contributed by atoms with Crippen LogP contribution in [0.3, 0.4) is 0 Å². The number of nitrogens with two attached hydrogens (primary N) is 2. The third-order valence-corrected chi connectivity index (χ3v) is 6.65. The van der Waals surface area contributed by atoms with Crippen LogP contribution in [0.1, 0.15) is 120 Å². The van der Waals surface area contributed by atoms with Crippen molar-refractivity contribution in [2.24, 2.45) is 41.1 Å². The lowest BCUT2D eigenvalue weighted by atomic mass is 10.0. The largest absolute Gasteiger partial charge is 0.393 e. The number of aromatic amines is 2. The number of nitrogens with one attached hydrogen (secondary N) is 2. The van der Waals surface area contributed by atoms with Crippen molar-refractivity contribution in [3.63, 3.8) is 0 Å². The minimum atomic E-state index is -0.196. The number of H-pyrrole nitrogens is 2. The topological polar surface area (TPSA) is 134 Å². The second kappa shape index (κ2) is 26.7. The van der Waals surface area contributed by atoms with Gasteiger partial charge in [-0.05, 0) is 80.4 Å². The van der Waals surface area contributed by atoms with Crippen LogP contribution in [-0.4, -0.2) is 38.6 Å². The lowest BCUT2D eigenvalue weighted by Gasteiger charge is -2.04. The smallest absolute Gasteiger partial charge is 0.217 e. The minimum absolute atomic E-state index is 0.148. The highest BCUT2D eigenvalue weighted by atomic mass is 16.3. The Balaban J connectivity index is 0. The van der Waals surface area contributed by atoms with Gasteiger partial charge in [0.05, 0.1) is 12.4 Å². The number of primary amides is 1. The molecule has 2 aromatic heterocycles. The number of fused-ring (bicyclic) bond motifs is 1. The lowest BCUT2D eigenvalue weighted by molar-refractivity contribution is -0.118. The molecule has 0 saturated carbocycles. The Morgan fingerprint density at radius 3 is 1.80 bits per heavy atom. The molecule has 2 heterocycles. The molecule has 1 aromatic carbocycles. The van der Waals surface area contributed by atoms with E-state index in [0.717, 1.165) is 37.6 Å². The maximum Gasteiger partial charge on any atom is 0.217 e. The van der Waals surface area contributed by atoms with Crippen molar-refractivity contribution in [2.45, 2.75) is 127 Å². The molecule has 0 bridgehead atoms. The number of imidazole rings is 1. The molecule has 0 spiro atoms. The summed E-state index contributed by atoms with van der Waals surface area (Å²) >= 11 is 0. The predicted octanol–water partition coefficient (Wildman–Crippen LogP) is 8.68. The standard InChI is InChI=1S/C12H15N.C7H12N2.C7H17N.C6H13NO.C5H12O/c1-9(2)7-10-8-13-12-6-4-3-5-11(10)12;1-6(2)3-7-4-8-5-9-7;1-7(2)5-3-4-6-8;1-5(2)3-4-6(7)8;1-4(2)5(3)6/h3-6,8-9,13H,7H2,1-2H3;4-6H,3H2,1-2H3,(H,8,9);7H,3-6,8H2,1-2H3;5H,3-4H2,1-2H3,(H2,7,8);4-6H,1-3H3. The van der Waals surface area contributed by atoms with Gasteiger partial charge in [-0.25, -0.2) is 4.98 Å². The molecule has 0 saturated heterocycles. The molecule has 0 aliphatic carbocycles. The van der Waals surface area contributed by atoms with Crippen LogP contribution in [0.25, 0.3) is 10.9 Å². The third kappa shape index (κ3) is 26.9. The Labute approximate surface area is 270 Å². The Kier molecular flexibility index (Phi) is 26.4. The van der Waals surface area contributed by atoms with Crippen LogP contribution in [0.5, 0.6) is 0 Å². The van der Waals surface area contributed by atoms with E-state index in [2.05, 4.69) is 101 Å². The van der Waals surface area contributed by atoms with Crippen molar-refractivity contribution >= 4 is 16.8 Å². The van der Waals surface area contributed by atoms with Crippen LogP contribution in [-0.2, 0) is 17.6 Å². The molecule has 7 nitrogen and oxygen atoms in total. The van der Waals surface area contributed by atoms with E-state index in [4.69, 9.17) is 16.6 Å². The molecule has 0 aliphatic heterocycles. The van der Waals surface area contributed by atoms with Gasteiger partial charge in [0.2, 0.25) is 5.91 Å². The molecule has 1 amide bonds. The number of aliphatic hydroxyl groups excluding tert-OH is 1. The van der Waals surface area contributed by atoms with Crippen LogP contribution < -0.4 is 11.5 Å². The molecule has 1 atom stereocenters. The van der Waals surface area contributed by atoms with Gasteiger partial charge in [0.1, 0.15) is 0 Å². The number of aromatic nitrogens is 3. The van der Waals surface area contributed by atoms with Crippen molar-refractivity contribution in [1.29, 1.82) is 0 Å². The second-order valence-electron chi connectivity index (χ2n) is 13.7. The van der Waals surface area contributed by atoms with E-state index in [9.17, 15) is 4.79 Å². The fourth-order valence-corrected chi connectivity index (χ4v) is 3.70. The summed E-state index contributed by atoms with van der Waals surface area (Å²) in [6.45, 7) is 24.2. The highest BCUT2D eigenvalue weighted by Crippen LogP contribution is 2.20. The summed E-state index contributed by atoms with van der Waals surface area (Å²) in [5.74, 6) is 3.08. The van der Waals surface area contributed by atoms with Gasteiger partial charge < -0.3 is 26.5 Å². The Morgan fingerprint density at radius 1 is 0.818 bits per heavy atom. The van der Waals surface area contributed by atoms with Gasteiger partial charge in [-0.1, -0.05) is 100 Å². The number of carbonyl (C=O) groups is 1. The highest BCUT2D eigenvalue weighted by molar-refractivity contribution is 5.83. The van der Waals surface area contributed by atoms with Crippen molar-refractivity contribution in [3.05, 3.63) is 54.2 Å². The second-order valence-corrected chi connectivity index (χ2v) is 13.7. The zero-order valence-electron chi connectivity index (χ0n) is 30.1. The summed E-state index contributed by atoms with van der Waals surface area (Å²) in [5.41, 5.74) is 14.1. The fourth-order valence-electron chi connectivity index (χ4n) is 3.70. The molecular formula is C37H69N5O2. The number of aliphatic hydroxyl groups is 1. The zero-order valence-corrected chi connectivity index (χ0v) is 30.1. The molecular weight excluding hydrogens is 546 g/mol. The summed E-state index contributed by atoms with van der Waals surface area (Å²) in [7, 11) is 0. The molecule has 3 aromatic rings. The normalized spacial score (nSPS) is 11.3. The third-order valence-electron chi connectivity index (χ3n) is 6.65. The molecule has 3 rings (SSSR count). The van der Waals surface area contributed by atoms with Gasteiger partial charge >= 0.3 is 0 Å². The Bertz CT molecular complexity index is 1030. The molecule has 7 N–H and O–H groups in total. The molecule has 1 unspecified atom stereocenters. The van der Waals surface area contributed by atoms with Crippen LogP contribution in [0.4, 0.5) is 0 Å². The number of rotatable bonds is 12. The first-order valence-electron chi connectivity index (χ1n) is 16.8. The summed E-state index contributed by atoms with van der Waals surface area (Å²) in [6.07, 6.45) is 13.1. The maximum atomic E-state index is 10.1. The van der Waals surface area contributed by atoms with E-state index in [-0.39, 0.29) is 12.0 Å². The van der Waals surface area contributed by atoms with E-state index in [1.165, 1.54) is 41.4 Å². The Morgan fingerprint density at radius 2 is 1.39 bits per heavy atom. The van der Waals surface area contributed by atoms with Crippen molar-refractivity contribution < 1.29 is 9.90 Å². The predicted molar refractivity (Wildman–Crippen MR) is 191 cm³/mol. The van der Waals surface area contributed by atoms with Crippen molar-refractivity contribution in [2.75, 3.05) is 6.54 Å². The molecule has 0 fully saturated rings. The van der Waals surface area contributed by atoms with Gasteiger partial charge in [-0.15, -0.1) is 0 Å². The maximum absolute atomic E-state index is 10.1. The first kappa shape index (κ1) is 43.5. The quantitative estimate of drug-likeness (QED) is 0.130. The van der Waals surface area contributed by atoms with Crippen LogP contribution in [0.15, 0.2) is 43.0 Å². The number of nitrogens with zero attached hydrogens (tertiary/aromatic N) is 1. The van der Waals surface area contributed by atoms with Gasteiger partial charge in [-0.3, -0.25) is 4.79 Å². The number of unbranched alkanes of at least 4 members (excludes halogenated alkanes) is 1. The van der Waals surface area contributed by atoms with Gasteiger partial charge in [0.25, 0.3) is 0 Å². The minimum Gasteiger partial charge on any atom is -0.393 e. The molecule has 7 heteroatoms. The average molecular weight is 616 g/mol. The van der Waals surface area contributed by atoms with Crippen LogP contribution >= 0.6 is 0 Å². The fraction of sp³-hybridized carbons (Fsp3) is 0.676. The monoisotopic (exact) mass is 616 g/mol. The first-order valence-corrected chi connectivity index (χ1v) is 16.8. The summed E-state index contributed by atoms with van der Waals surface area (Å²) in [5, 5.41) is 10.0. The number of amides is 1. The molecule has 0 radical (unpaired) electrons. The number of hydrogen-bond acceptors (Lipinski definition) is 4. The van der Waals surface area contributed by atoms with E-state index < -0.39 is 0 Å². The average Bonchev–Trinajstić information content (AvgIpc) is 3.58. The number of hydrogen-bond donors (Lipinski definition) is 5. The molecule has 44 heavy (non-hydrogen) atoms. The number of benzene rings is 1. The van der Waals surface area contributed by atoms with Crippen molar-refractivity contribution in [1.82, 2.24) is 15.0 Å².